The standard InChI is InChI=1S/C17H32N2O3/c1-3-5-6-7-8-11-18-14-16(20)19-12-9-15(10-13-19)17(21)22-4-2/h15,18H,3-14H2,1-2H3. The third-order valence-electron chi connectivity index (χ3n) is 4.20. The van der Waals surface area contributed by atoms with Crippen LogP contribution >= 0.6 is 0 Å². The largest absolute Gasteiger partial charge is 0.466 e. The number of amides is 1. The smallest absolute Gasteiger partial charge is 0.309 e. The predicted octanol–water partition coefficient (Wildman–Crippen LogP) is 2.35. The van der Waals surface area contributed by atoms with Crippen molar-refractivity contribution in [3.8, 4) is 0 Å². The van der Waals surface area contributed by atoms with Gasteiger partial charge in [-0.3, -0.25) is 9.59 Å². The molecule has 5 nitrogen and oxygen atoms in total. The second-order valence-corrected chi connectivity index (χ2v) is 6.00. The molecule has 0 radical (unpaired) electrons. The zero-order valence-electron chi connectivity index (χ0n) is 14.2. The summed E-state index contributed by atoms with van der Waals surface area (Å²) in [6.45, 7) is 7.13. The lowest BCUT2D eigenvalue weighted by molar-refractivity contribution is -0.151. The minimum absolute atomic E-state index is 0.0319. The van der Waals surface area contributed by atoms with Crippen molar-refractivity contribution in [1.82, 2.24) is 10.2 Å². The summed E-state index contributed by atoms with van der Waals surface area (Å²) in [5.41, 5.74) is 0. The van der Waals surface area contributed by atoms with E-state index >= 15 is 0 Å². The van der Waals surface area contributed by atoms with Crippen LogP contribution < -0.4 is 5.32 Å². The lowest BCUT2D eigenvalue weighted by atomic mass is 9.97. The summed E-state index contributed by atoms with van der Waals surface area (Å²) >= 11 is 0. The van der Waals surface area contributed by atoms with Crippen LogP contribution in [0, 0.1) is 5.92 Å². The molecule has 22 heavy (non-hydrogen) atoms. The van der Waals surface area contributed by atoms with Gasteiger partial charge in [0.15, 0.2) is 0 Å². The molecule has 1 aliphatic rings. The summed E-state index contributed by atoms with van der Waals surface area (Å²) in [5.74, 6) is 0.00574. The maximum Gasteiger partial charge on any atom is 0.309 e. The molecule has 0 aromatic rings. The van der Waals surface area contributed by atoms with Crippen LogP contribution in [0.3, 0.4) is 0 Å². The van der Waals surface area contributed by atoms with Crippen LogP contribution in [0.15, 0.2) is 0 Å². The number of carbonyl (C=O) groups excluding carboxylic acids is 2. The Morgan fingerprint density at radius 3 is 2.41 bits per heavy atom. The molecule has 1 aliphatic heterocycles. The van der Waals surface area contributed by atoms with Crippen LogP contribution in [0.1, 0.15) is 58.8 Å². The summed E-state index contributed by atoms with van der Waals surface area (Å²) in [6, 6.07) is 0. The summed E-state index contributed by atoms with van der Waals surface area (Å²) in [5, 5.41) is 3.23. The van der Waals surface area contributed by atoms with Crippen LogP contribution in [-0.2, 0) is 14.3 Å². The Morgan fingerprint density at radius 1 is 1.09 bits per heavy atom. The molecular formula is C17H32N2O3. The summed E-state index contributed by atoms with van der Waals surface area (Å²) in [7, 11) is 0. The van der Waals surface area contributed by atoms with Gasteiger partial charge in [0.2, 0.25) is 5.91 Å². The Kier molecular flexibility index (Phi) is 9.87. The molecule has 0 saturated carbocycles. The van der Waals surface area contributed by atoms with Crippen molar-refractivity contribution in [2.75, 3.05) is 32.8 Å². The van der Waals surface area contributed by atoms with Gasteiger partial charge in [0, 0.05) is 13.1 Å². The highest BCUT2D eigenvalue weighted by Crippen LogP contribution is 2.18. The molecule has 1 saturated heterocycles. The first-order valence-corrected chi connectivity index (χ1v) is 8.84. The zero-order chi connectivity index (χ0) is 16.2. The van der Waals surface area contributed by atoms with E-state index in [9.17, 15) is 9.59 Å². The number of hydrogen-bond acceptors (Lipinski definition) is 4. The molecule has 1 rings (SSSR count). The number of ether oxygens (including phenoxy) is 1. The average Bonchev–Trinajstić information content (AvgIpc) is 2.54. The minimum Gasteiger partial charge on any atom is -0.466 e. The normalized spacial score (nSPS) is 15.8. The van der Waals surface area contributed by atoms with Crippen molar-refractivity contribution in [2.45, 2.75) is 58.8 Å². The monoisotopic (exact) mass is 312 g/mol. The molecule has 0 aromatic heterocycles. The molecule has 0 spiro atoms. The maximum atomic E-state index is 12.1. The van der Waals surface area contributed by atoms with Crippen molar-refractivity contribution in [1.29, 1.82) is 0 Å². The topological polar surface area (TPSA) is 58.6 Å². The van der Waals surface area contributed by atoms with E-state index in [-0.39, 0.29) is 17.8 Å². The number of rotatable bonds is 10. The first kappa shape index (κ1) is 18.9. The second-order valence-electron chi connectivity index (χ2n) is 6.00. The average molecular weight is 312 g/mol. The lowest BCUT2D eigenvalue weighted by Gasteiger charge is -2.31. The molecule has 0 atom stereocenters. The van der Waals surface area contributed by atoms with Crippen LogP contribution in [-0.4, -0.2) is 49.6 Å². The van der Waals surface area contributed by atoms with Gasteiger partial charge in [0.25, 0.3) is 0 Å². The number of likely N-dealkylation sites (tertiary alicyclic amines) is 1. The Bertz CT molecular complexity index is 326. The van der Waals surface area contributed by atoms with E-state index in [2.05, 4.69) is 12.2 Å². The van der Waals surface area contributed by atoms with Crippen molar-refractivity contribution in [3.63, 3.8) is 0 Å². The van der Waals surface area contributed by atoms with E-state index in [0.29, 0.717) is 26.2 Å². The van der Waals surface area contributed by atoms with Gasteiger partial charge < -0.3 is 15.0 Å². The number of hydrogen-bond donors (Lipinski definition) is 1. The number of nitrogens with zero attached hydrogens (tertiary/aromatic N) is 1. The molecule has 5 heteroatoms. The number of carbonyl (C=O) groups is 2. The molecule has 0 bridgehead atoms. The third kappa shape index (κ3) is 7.25. The van der Waals surface area contributed by atoms with Gasteiger partial charge >= 0.3 is 5.97 Å². The SMILES string of the molecule is CCCCCCCNCC(=O)N1CCC(C(=O)OCC)CC1. The van der Waals surface area contributed by atoms with E-state index in [1.165, 1.54) is 25.7 Å². The van der Waals surface area contributed by atoms with Crippen LogP contribution in [0.4, 0.5) is 0 Å². The summed E-state index contributed by atoms with van der Waals surface area (Å²) < 4.78 is 5.04. The van der Waals surface area contributed by atoms with Gasteiger partial charge in [-0.05, 0) is 32.7 Å². The van der Waals surface area contributed by atoms with Crippen molar-refractivity contribution in [3.05, 3.63) is 0 Å². The number of nitrogens with one attached hydrogen (secondary N) is 1. The van der Waals surface area contributed by atoms with Crippen molar-refractivity contribution in [2.24, 2.45) is 5.92 Å². The number of unbranched alkanes of at least 4 members (excludes halogenated alkanes) is 4. The molecule has 0 aliphatic carbocycles. The number of piperidine rings is 1. The van der Waals surface area contributed by atoms with E-state index in [4.69, 9.17) is 4.74 Å². The highest BCUT2D eigenvalue weighted by Gasteiger charge is 2.27. The van der Waals surface area contributed by atoms with Gasteiger partial charge in [0.05, 0.1) is 19.1 Å². The highest BCUT2D eigenvalue weighted by molar-refractivity contribution is 5.79. The Labute approximate surface area is 134 Å². The van der Waals surface area contributed by atoms with Gasteiger partial charge in [0.1, 0.15) is 0 Å². The molecule has 1 N–H and O–H groups in total. The fourth-order valence-corrected chi connectivity index (χ4v) is 2.79. The molecule has 1 fully saturated rings. The van der Waals surface area contributed by atoms with Crippen LogP contribution in [0.5, 0.6) is 0 Å². The predicted molar refractivity (Wildman–Crippen MR) is 87.6 cm³/mol. The lowest BCUT2D eigenvalue weighted by Crippen LogP contribution is -2.44. The first-order valence-electron chi connectivity index (χ1n) is 8.84. The fraction of sp³-hybridized carbons (Fsp3) is 0.882. The third-order valence-corrected chi connectivity index (χ3v) is 4.20. The van der Waals surface area contributed by atoms with Crippen LogP contribution in [0.25, 0.3) is 0 Å². The number of esters is 1. The maximum absolute atomic E-state index is 12.1. The summed E-state index contributed by atoms with van der Waals surface area (Å²) in [6.07, 6.45) is 7.66. The second kappa shape index (κ2) is 11.5. The molecule has 1 amide bonds. The van der Waals surface area contributed by atoms with Gasteiger partial charge in [-0.1, -0.05) is 32.6 Å². The van der Waals surface area contributed by atoms with E-state index in [1.54, 1.807) is 0 Å². The molecule has 128 valence electrons. The van der Waals surface area contributed by atoms with Crippen molar-refractivity contribution >= 4 is 11.9 Å². The minimum atomic E-state index is -0.111. The fourth-order valence-electron chi connectivity index (χ4n) is 2.79. The summed E-state index contributed by atoms with van der Waals surface area (Å²) in [4.78, 5) is 25.6. The van der Waals surface area contributed by atoms with Gasteiger partial charge in [-0.15, -0.1) is 0 Å². The molecular weight excluding hydrogens is 280 g/mol. The first-order chi connectivity index (χ1) is 10.7. The Morgan fingerprint density at radius 2 is 1.77 bits per heavy atom. The molecule has 0 unspecified atom stereocenters. The highest BCUT2D eigenvalue weighted by atomic mass is 16.5. The Balaban J connectivity index is 2.08. The van der Waals surface area contributed by atoms with Crippen LogP contribution in [0.2, 0.25) is 0 Å². The Hall–Kier alpha value is -1.10. The van der Waals surface area contributed by atoms with Gasteiger partial charge in [-0.25, -0.2) is 0 Å². The van der Waals surface area contributed by atoms with E-state index < -0.39 is 0 Å². The quantitative estimate of drug-likeness (QED) is 0.497. The van der Waals surface area contributed by atoms with E-state index in [1.807, 2.05) is 11.8 Å². The van der Waals surface area contributed by atoms with E-state index in [0.717, 1.165) is 25.8 Å². The molecule has 0 aromatic carbocycles. The van der Waals surface area contributed by atoms with Crippen molar-refractivity contribution < 1.29 is 14.3 Å². The molecule has 1 heterocycles. The zero-order valence-corrected chi connectivity index (χ0v) is 14.2. The van der Waals surface area contributed by atoms with Gasteiger partial charge in [-0.2, -0.15) is 0 Å².